The molecule has 0 aliphatic carbocycles. The smallest absolute Gasteiger partial charge is 0.306 e. The maximum absolute atomic E-state index is 12.8. The van der Waals surface area contributed by atoms with Crippen LogP contribution in [0.15, 0.2) is 60.7 Å². The van der Waals surface area contributed by atoms with Crippen LogP contribution in [-0.4, -0.2) is 27.0 Å². The van der Waals surface area contributed by atoms with Crippen LogP contribution in [0.1, 0.15) is 105 Å². The van der Waals surface area contributed by atoms with E-state index in [1.807, 2.05) is 0 Å². The van der Waals surface area contributed by atoms with Gasteiger partial charge in [-0.1, -0.05) is 140 Å². The zero-order valence-corrected chi connectivity index (χ0v) is 24.6. The molecule has 0 bridgehead atoms. The van der Waals surface area contributed by atoms with E-state index in [2.05, 4.69) is 95.3 Å². The van der Waals surface area contributed by atoms with Gasteiger partial charge in [0.1, 0.15) is 6.10 Å². The molecule has 0 heterocycles. The third-order valence-corrected chi connectivity index (χ3v) is 12.1. The Labute approximate surface area is 222 Å². The second-order valence-electron chi connectivity index (χ2n) is 11.1. The second-order valence-corrected chi connectivity index (χ2v) is 15.4. The Morgan fingerprint density at radius 3 is 1.75 bits per heavy atom. The van der Waals surface area contributed by atoms with Crippen LogP contribution < -0.4 is 10.4 Å². The van der Waals surface area contributed by atoms with Crippen LogP contribution in [0.2, 0.25) is 5.04 Å². The summed E-state index contributed by atoms with van der Waals surface area (Å²) in [4.78, 5) is 12.8. The molecule has 0 saturated heterocycles. The number of carbonyl (C=O) groups excluding carboxylic acids is 1. The molecule has 0 fully saturated rings. The van der Waals surface area contributed by atoms with Crippen molar-refractivity contribution in [3.63, 3.8) is 0 Å². The molecule has 1 atom stereocenters. The Hall–Kier alpha value is -1.91. The zero-order chi connectivity index (χ0) is 26.3. The van der Waals surface area contributed by atoms with E-state index in [1.165, 1.54) is 48.9 Å². The summed E-state index contributed by atoms with van der Waals surface area (Å²) < 4.78 is 13.2. The molecule has 36 heavy (non-hydrogen) atoms. The van der Waals surface area contributed by atoms with Gasteiger partial charge >= 0.3 is 5.97 Å². The number of benzene rings is 2. The molecule has 200 valence electrons. The van der Waals surface area contributed by atoms with Gasteiger partial charge in [-0.2, -0.15) is 0 Å². The quantitative estimate of drug-likeness (QED) is 0.124. The minimum Gasteiger partial charge on any atom is -0.460 e. The van der Waals surface area contributed by atoms with Gasteiger partial charge in [0.25, 0.3) is 8.32 Å². The Bertz CT molecular complexity index is 805. The van der Waals surface area contributed by atoms with Crippen LogP contribution >= 0.6 is 0 Å². The van der Waals surface area contributed by atoms with Crippen LogP contribution in [0.4, 0.5) is 0 Å². The highest BCUT2D eigenvalue weighted by Gasteiger charge is 2.50. The van der Waals surface area contributed by atoms with E-state index < -0.39 is 8.32 Å². The predicted molar refractivity (Wildman–Crippen MR) is 156 cm³/mol. The Morgan fingerprint density at radius 1 is 0.750 bits per heavy atom. The van der Waals surface area contributed by atoms with Gasteiger partial charge in [0.05, 0.1) is 6.61 Å². The normalized spacial score (nSPS) is 12.9. The summed E-state index contributed by atoms with van der Waals surface area (Å²) in [5.74, 6) is -0.0713. The number of esters is 1. The largest absolute Gasteiger partial charge is 0.460 e. The van der Waals surface area contributed by atoms with E-state index in [9.17, 15) is 4.79 Å². The lowest BCUT2D eigenvalue weighted by Crippen LogP contribution is -2.67. The molecule has 0 radical (unpaired) electrons. The van der Waals surface area contributed by atoms with Gasteiger partial charge in [0.15, 0.2) is 0 Å². The number of hydrogen-bond donors (Lipinski definition) is 0. The van der Waals surface area contributed by atoms with E-state index in [4.69, 9.17) is 9.16 Å². The van der Waals surface area contributed by atoms with Crippen molar-refractivity contribution in [3.8, 4) is 0 Å². The molecule has 1 unspecified atom stereocenters. The van der Waals surface area contributed by atoms with E-state index >= 15 is 0 Å². The minimum absolute atomic E-state index is 0.0713. The number of carbonyl (C=O) groups is 1. The molecule has 0 saturated carbocycles. The predicted octanol–water partition coefficient (Wildman–Crippen LogP) is 7.81. The van der Waals surface area contributed by atoms with Gasteiger partial charge in [-0.3, -0.25) is 4.79 Å². The highest BCUT2D eigenvalue weighted by molar-refractivity contribution is 6.99. The van der Waals surface area contributed by atoms with E-state index in [-0.39, 0.29) is 17.1 Å². The van der Waals surface area contributed by atoms with Crippen molar-refractivity contribution in [2.24, 2.45) is 0 Å². The van der Waals surface area contributed by atoms with Gasteiger partial charge in [-0.05, 0) is 34.7 Å². The summed E-state index contributed by atoms with van der Waals surface area (Å²) in [5.41, 5.74) is 0. The van der Waals surface area contributed by atoms with Gasteiger partial charge in [-0.15, -0.1) is 0 Å². The van der Waals surface area contributed by atoms with E-state index in [0.29, 0.717) is 13.0 Å². The standard InChI is InChI=1S/C32H50O3Si/c1-6-8-10-12-20-26-31(33)35-28(21-15-11-9-7-2)27-34-36(32(3,4)5,29-22-16-13-17-23-29)30-24-18-14-19-25-30/h13-14,16-19,22-25,28H,6-12,15,20-21,26-27H2,1-5H3. The van der Waals surface area contributed by atoms with Crippen molar-refractivity contribution in [2.75, 3.05) is 6.61 Å². The molecule has 3 nitrogen and oxygen atoms in total. The highest BCUT2D eigenvalue weighted by Crippen LogP contribution is 2.37. The molecule has 2 aromatic carbocycles. The molecule has 0 aliphatic heterocycles. The summed E-state index contributed by atoms with van der Waals surface area (Å²) in [7, 11) is -2.65. The van der Waals surface area contributed by atoms with Crippen molar-refractivity contribution in [3.05, 3.63) is 60.7 Å². The van der Waals surface area contributed by atoms with Gasteiger partial charge in [-0.25, -0.2) is 0 Å². The average Bonchev–Trinajstić information content (AvgIpc) is 2.87. The summed E-state index contributed by atoms with van der Waals surface area (Å²) >= 11 is 0. The zero-order valence-electron chi connectivity index (χ0n) is 23.6. The highest BCUT2D eigenvalue weighted by atomic mass is 28.4. The van der Waals surface area contributed by atoms with Gasteiger partial charge in [0, 0.05) is 6.42 Å². The topological polar surface area (TPSA) is 35.5 Å². The van der Waals surface area contributed by atoms with Crippen molar-refractivity contribution in [1.82, 2.24) is 0 Å². The fourth-order valence-electron chi connectivity index (χ4n) is 5.07. The molecular formula is C32H50O3Si. The molecule has 2 aromatic rings. The van der Waals surface area contributed by atoms with E-state index in [1.54, 1.807) is 0 Å². The van der Waals surface area contributed by atoms with Crippen LogP contribution in [0.25, 0.3) is 0 Å². The first-order chi connectivity index (χ1) is 17.3. The lowest BCUT2D eigenvalue weighted by molar-refractivity contribution is -0.151. The number of unbranched alkanes of at least 4 members (excludes halogenated alkanes) is 7. The van der Waals surface area contributed by atoms with Crippen molar-refractivity contribution < 1.29 is 14.0 Å². The van der Waals surface area contributed by atoms with E-state index in [0.717, 1.165) is 25.7 Å². The SMILES string of the molecule is CCCCCCCC(=O)OC(CCCCCC)CO[Si](c1ccccc1)(c1ccccc1)C(C)(C)C. The third-order valence-electron chi connectivity index (χ3n) is 7.06. The number of hydrogen-bond acceptors (Lipinski definition) is 3. The van der Waals surface area contributed by atoms with Crippen molar-refractivity contribution in [2.45, 2.75) is 116 Å². The monoisotopic (exact) mass is 510 g/mol. The molecule has 0 N–H and O–H groups in total. The minimum atomic E-state index is -2.65. The molecule has 0 amide bonds. The summed E-state index contributed by atoms with van der Waals surface area (Å²) in [6.07, 6.45) is 11.5. The number of ether oxygens (including phenoxy) is 1. The lowest BCUT2D eigenvalue weighted by Gasteiger charge is -2.43. The first-order valence-electron chi connectivity index (χ1n) is 14.3. The molecule has 0 aromatic heterocycles. The van der Waals surface area contributed by atoms with Crippen LogP contribution in [0, 0.1) is 0 Å². The average molecular weight is 511 g/mol. The van der Waals surface area contributed by atoms with Crippen LogP contribution in [0.5, 0.6) is 0 Å². The third kappa shape index (κ3) is 9.19. The van der Waals surface area contributed by atoms with Crippen LogP contribution in [0.3, 0.4) is 0 Å². The molecule has 0 aliphatic rings. The van der Waals surface area contributed by atoms with Gasteiger partial charge < -0.3 is 9.16 Å². The maximum atomic E-state index is 12.8. The fraction of sp³-hybridized carbons (Fsp3) is 0.594. The Balaban J connectivity index is 2.24. The first-order valence-corrected chi connectivity index (χ1v) is 16.2. The Morgan fingerprint density at radius 2 is 1.25 bits per heavy atom. The van der Waals surface area contributed by atoms with Crippen LogP contribution in [-0.2, 0) is 14.0 Å². The molecule has 2 rings (SSSR count). The molecule has 4 heteroatoms. The first kappa shape index (κ1) is 30.3. The second kappa shape index (κ2) is 16.0. The molecule has 0 spiro atoms. The lowest BCUT2D eigenvalue weighted by atomic mass is 10.1. The summed E-state index contributed by atoms with van der Waals surface area (Å²) in [5, 5.41) is 2.43. The van der Waals surface area contributed by atoms with Crippen molar-refractivity contribution >= 4 is 24.7 Å². The van der Waals surface area contributed by atoms with Crippen molar-refractivity contribution in [1.29, 1.82) is 0 Å². The maximum Gasteiger partial charge on any atom is 0.306 e. The summed E-state index contributed by atoms with van der Waals surface area (Å²) in [6.45, 7) is 11.7. The number of rotatable bonds is 17. The Kier molecular flexibility index (Phi) is 13.5. The fourth-order valence-corrected chi connectivity index (χ4v) is 9.66. The summed E-state index contributed by atoms with van der Waals surface area (Å²) in [6, 6.07) is 21.4. The molecular weight excluding hydrogens is 460 g/mol. The van der Waals surface area contributed by atoms with Gasteiger partial charge in [0.2, 0.25) is 0 Å².